The number of halogens is 1. The minimum atomic E-state index is -0.458. The summed E-state index contributed by atoms with van der Waals surface area (Å²) in [5.41, 5.74) is 1.68. The van der Waals surface area contributed by atoms with Crippen LogP contribution in [0.4, 0.5) is 10.1 Å². The predicted octanol–water partition coefficient (Wildman–Crippen LogP) is 3.32. The summed E-state index contributed by atoms with van der Waals surface area (Å²) in [5, 5.41) is 2.77. The van der Waals surface area contributed by atoms with Crippen LogP contribution in [0.2, 0.25) is 0 Å². The van der Waals surface area contributed by atoms with Crippen LogP contribution in [0.3, 0.4) is 0 Å². The number of morpholine rings is 1. The highest BCUT2D eigenvalue weighted by molar-refractivity contribution is 6.45. The van der Waals surface area contributed by atoms with Crippen LogP contribution in [0, 0.1) is 11.7 Å². The van der Waals surface area contributed by atoms with Crippen LogP contribution >= 0.6 is 0 Å². The molecular formula is C25H29FN4O3. The summed E-state index contributed by atoms with van der Waals surface area (Å²) in [6.45, 7) is 10.3. The average molecular weight is 453 g/mol. The van der Waals surface area contributed by atoms with Gasteiger partial charge >= 0.3 is 0 Å². The van der Waals surface area contributed by atoms with E-state index in [4.69, 9.17) is 4.74 Å². The third-order valence-corrected chi connectivity index (χ3v) is 6.90. The molecule has 3 unspecified atom stereocenters. The zero-order chi connectivity index (χ0) is 23.5. The molecule has 2 saturated heterocycles. The van der Waals surface area contributed by atoms with Gasteiger partial charge in [0, 0.05) is 42.0 Å². The summed E-state index contributed by atoms with van der Waals surface area (Å²) in [6.07, 6.45) is 1.67. The molecule has 0 spiro atoms. The molecule has 8 heteroatoms. The lowest BCUT2D eigenvalue weighted by molar-refractivity contribution is -0.187. The fourth-order valence-electron chi connectivity index (χ4n) is 5.21. The van der Waals surface area contributed by atoms with E-state index in [9.17, 15) is 14.0 Å². The van der Waals surface area contributed by atoms with E-state index in [1.54, 1.807) is 18.3 Å². The highest BCUT2D eigenvalue weighted by atomic mass is 19.1. The van der Waals surface area contributed by atoms with Crippen LogP contribution in [0.5, 0.6) is 0 Å². The van der Waals surface area contributed by atoms with Crippen molar-refractivity contribution in [2.45, 2.75) is 45.5 Å². The number of hydrogen-bond acceptors (Lipinski definition) is 4. The zero-order valence-corrected chi connectivity index (χ0v) is 19.3. The Hall–Kier alpha value is -2.97. The predicted molar refractivity (Wildman–Crippen MR) is 124 cm³/mol. The molecule has 0 bridgehead atoms. The standard InChI is InChI=1S/C25H29FN4O3/c1-14-11-29(23(14)30-12-15(2)33-13-25(30,3)4)24(32)21(19-6-5-9-27-19)20-17-10-16(26)7-8-18(17)28-22(20)31/h5-10,14-15,23,27H,11-13H2,1-4H3,(H,28,31)/b21-20-. The first-order valence-corrected chi connectivity index (χ1v) is 11.4. The maximum absolute atomic E-state index is 14.1. The van der Waals surface area contributed by atoms with Gasteiger partial charge in [0.15, 0.2) is 0 Å². The Morgan fingerprint density at radius 3 is 2.70 bits per heavy atom. The maximum Gasteiger partial charge on any atom is 0.258 e. The fraction of sp³-hybridized carbons (Fsp3) is 0.440. The van der Waals surface area contributed by atoms with Crippen LogP contribution in [0.15, 0.2) is 36.5 Å². The third-order valence-electron chi connectivity index (χ3n) is 6.90. The minimum Gasteiger partial charge on any atom is -0.375 e. The van der Waals surface area contributed by atoms with Crippen molar-refractivity contribution in [1.82, 2.24) is 14.8 Å². The third kappa shape index (κ3) is 3.57. The molecule has 5 rings (SSSR count). The van der Waals surface area contributed by atoms with Crippen LogP contribution in [0.1, 0.15) is 39.0 Å². The number of amides is 2. The second kappa shape index (κ2) is 7.81. The summed E-state index contributed by atoms with van der Waals surface area (Å²) >= 11 is 0. The molecule has 2 amide bonds. The molecule has 3 aliphatic rings. The molecule has 1 aromatic heterocycles. The molecule has 3 atom stereocenters. The monoisotopic (exact) mass is 452 g/mol. The molecule has 2 aromatic rings. The summed E-state index contributed by atoms with van der Waals surface area (Å²) < 4.78 is 20.0. The number of nitrogens with one attached hydrogen (secondary N) is 2. The number of benzene rings is 1. The molecule has 0 aliphatic carbocycles. The van der Waals surface area contributed by atoms with Crippen molar-refractivity contribution in [2.75, 3.05) is 25.0 Å². The number of carbonyl (C=O) groups is 2. The molecule has 4 heterocycles. The van der Waals surface area contributed by atoms with Gasteiger partial charge < -0.3 is 19.9 Å². The Labute approximate surface area is 192 Å². The largest absolute Gasteiger partial charge is 0.375 e. The second-order valence-corrected chi connectivity index (χ2v) is 9.91. The van der Waals surface area contributed by atoms with E-state index in [2.05, 4.69) is 36.0 Å². The Balaban J connectivity index is 1.59. The smallest absolute Gasteiger partial charge is 0.258 e. The average Bonchev–Trinajstić information content (AvgIpc) is 3.38. The number of H-pyrrole nitrogens is 1. The number of carbonyl (C=O) groups excluding carboxylic acids is 2. The van der Waals surface area contributed by atoms with Gasteiger partial charge in [0.1, 0.15) is 5.82 Å². The van der Waals surface area contributed by atoms with Crippen LogP contribution in [-0.2, 0) is 14.3 Å². The van der Waals surface area contributed by atoms with E-state index in [1.807, 2.05) is 11.8 Å². The van der Waals surface area contributed by atoms with E-state index in [0.29, 0.717) is 36.6 Å². The number of nitrogens with zero attached hydrogens (tertiary/aromatic N) is 2. The Bertz CT molecular complexity index is 1140. The second-order valence-electron chi connectivity index (χ2n) is 9.91. The van der Waals surface area contributed by atoms with E-state index in [0.717, 1.165) is 0 Å². The first-order chi connectivity index (χ1) is 15.7. The van der Waals surface area contributed by atoms with Crippen molar-refractivity contribution >= 4 is 28.6 Å². The topological polar surface area (TPSA) is 77.7 Å². The molecule has 3 aliphatic heterocycles. The summed E-state index contributed by atoms with van der Waals surface area (Å²) in [4.78, 5) is 34.3. The van der Waals surface area contributed by atoms with Crippen molar-refractivity contribution in [3.05, 3.63) is 53.6 Å². The molecule has 2 N–H and O–H groups in total. The van der Waals surface area contributed by atoms with Gasteiger partial charge in [-0.3, -0.25) is 14.5 Å². The van der Waals surface area contributed by atoms with Gasteiger partial charge in [-0.1, -0.05) is 6.92 Å². The summed E-state index contributed by atoms with van der Waals surface area (Å²) in [6, 6.07) is 7.68. The van der Waals surface area contributed by atoms with Gasteiger partial charge in [0.05, 0.1) is 35.7 Å². The van der Waals surface area contributed by atoms with Gasteiger partial charge in [-0.2, -0.15) is 0 Å². The highest BCUT2D eigenvalue weighted by Gasteiger charge is 2.50. The normalized spacial score (nSPS) is 28.2. The highest BCUT2D eigenvalue weighted by Crippen LogP contribution is 2.41. The number of anilines is 1. The van der Waals surface area contributed by atoms with Crippen molar-refractivity contribution in [3.8, 4) is 0 Å². The molecule has 0 radical (unpaired) electrons. The molecule has 174 valence electrons. The van der Waals surface area contributed by atoms with Gasteiger partial charge in [-0.05, 0) is 51.1 Å². The number of fused-ring (bicyclic) bond motifs is 1. The molecule has 33 heavy (non-hydrogen) atoms. The lowest BCUT2D eigenvalue weighted by atomic mass is 9.88. The number of ether oxygens (including phenoxy) is 1. The number of hydrogen-bond donors (Lipinski definition) is 2. The van der Waals surface area contributed by atoms with Crippen LogP contribution in [0.25, 0.3) is 11.1 Å². The lowest BCUT2D eigenvalue weighted by Crippen LogP contribution is -2.72. The summed E-state index contributed by atoms with van der Waals surface area (Å²) in [7, 11) is 0. The van der Waals surface area contributed by atoms with E-state index in [-0.39, 0.29) is 40.8 Å². The zero-order valence-electron chi connectivity index (χ0n) is 19.3. The SMILES string of the molecule is CC1CN(C2C(C)CN2C(=O)/C(=C2\C(=O)Nc3ccc(F)cc32)c2ccc[nH]2)C(C)(C)CO1. The number of rotatable bonds is 3. The van der Waals surface area contributed by atoms with Crippen LogP contribution in [-0.4, -0.2) is 64.1 Å². The van der Waals surface area contributed by atoms with Crippen molar-refractivity contribution in [1.29, 1.82) is 0 Å². The van der Waals surface area contributed by atoms with Gasteiger partial charge in [-0.25, -0.2) is 4.39 Å². The van der Waals surface area contributed by atoms with Crippen molar-refractivity contribution in [3.63, 3.8) is 0 Å². The quantitative estimate of drug-likeness (QED) is 0.701. The van der Waals surface area contributed by atoms with E-state index in [1.165, 1.54) is 18.2 Å². The summed E-state index contributed by atoms with van der Waals surface area (Å²) in [5.74, 6) is -0.826. The number of likely N-dealkylation sites (tertiary alicyclic amines) is 1. The molecule has 0 saturated carbocycles. The van der Waals surface area contributed by atoms with Gasteiger partial charge in [0.2, 0.25) is 0 Å². The Morgan fingerprint density at radius 2 is 2.00 bits per heavy atom. The maximum atomic E-state index is 14.1. The molecule has 1 aromatic carbocycles. The van der Waals surface area contributed by atoms with E-state index < -0.39 is 11.7 Å². The van der Waals surface area contributed by atoms with Gasteiger partial charge in [0.25, 0.3) is 11.8 Å². The Morgan fingerprint density at radius 1 is 1.21 bits per heavy atom. The van der Waals surface area contributed by atoms with Crippen molar-refractivity contribution < 1.29 is 18.7 Å². The minimum absolute atomic E-state index is 0.0690. The Kier molecular flexibility index (Phi) is 5.17. The fourth-order valence-corrected chi connectivity index (χ4v) is 5.21. The number of aromatic amines is 1. The van der Waals surface area contributed by atoms with Crippen molar-refractivity contribution in [2.24, 2.45) is 5.92 Å². The van der Waals surface area contributed by atoms with Gasteiger partial charge in [-0.15, -0.1) is 0 Å². The first-order valence-electron chi connectivity index (χ1n) is 11.4. The van der Waals surface area contributed by atoms with E-state index >= 15 is 0 Å². The molecule has 7 nitrogen and oxygen atoms in total. The van der Waals surface area contributed by atoms with Crippen LogP contribution < -0.4 is 5.32 Å². The number of aromatic nitrogens is 1. The molecule has 2 fully saturated rings. The first kappa shape index (κ1) is 21.9. The lowest BCUT2D eigenvalue weighted by Gasteiger charge is -2.58. The molecular weight excluding hydrogens is 423 g/mol.